The van der Waals surface area contributed by atoms with Crippen LogP contribution in [0.5, 0.6) is 0 Å². The number of hydrogen-bond acceptors (Lipinski definition) is 4. The average molecular weight is 265 g/mol. The summed E-state index contributed by atoms with van der Waals surface area (Å²) in [6.07, 6.45) is 6.94. The topological polar surface area (TPSA) is 70.1 Å². The maximum atomic E-state index is 12.1. The van der Waals surface area contributed by atoms with Crippen molar-refractivity contribution in [2.24, 2.45) is 11.7 Å². The molecular weight excluding hydrogens is 242 g/mol. The molecule has 0 saturated heterocycles. The molecule has 0 aliphatic heterocycles. The van der Waals surface area contributed by atoms with E-state index < -0.39 is 5.60 Å². The van der Waals surface area contributed by atoms with Crippen molar-refractivity contribution in [2.45, 2.75) is 58.1 Å². The van der Waals surface area contributed by atoms with E-state index in [4.69, 9.17) is 10.5 Å². The number of ether oxygens (including phenoxy) is 1. The van der Waals surface area contributed by atoms with Crippen LogP contribution in [0.4, 0.5) is 4.79 Å². The lowest BCUT2D eigenvalue weighted by Gasteiger charge is -2.20. The summed E-state index contributed by atoms with van der Waals surface area (Å²) in [6, 6.07) is 0.301. The minimum absolute atomic E-state index is 0.301. The lowest BCUT2D eigenvalue weighted by molar-refractivity contribution is 0.0531. The fourth-order valence-electron chi connectivity index (χ4n) is 2.52. The lowest BCUT2D eigenvalue weighted by atomic mass is 10.0. The highest BCUT2D eigenvalue weighted by Gasteiger charge is 2.25. The van der Waals surface area contributed by atoms with Gasteiger partial charge < -0.3 is 10.5 Å². The average Bonchev–Trinajstić information content (AvgIpc) is 2.86. The maximum absolute atomic E-state index is 12.1. The molecule has 5 heteroatoms. The van der Waals surface area contributed by atoms with E-state index in [0.717, 1.165) is 31.5 Å². The van der Waals surface area contributed by atoms with Crippen LogP contribution in [0.15, 0.2) is 12.4 Å². The predicted octanol–water partition coefficient (Wildman–Crippen LogP) is 2.34. The molecule has 1 aromatic rings. The first-order valence-electron chi connectivity index (χ1n) is 6.86. The number of nitrogens with zero attached hydrogens (tertiary/aromatic N) is 2. The number of carbonyl (C=O) groups excluding carboxylic acids is 1. The van der Waals surface area contributed by atoms with Crippen molar-refractivity contribution >= 4 is 6.09 Å². The Morgan fingerprint density at radius 2 is 2.26 bits per heavy atom. The zero-order valence-corrected chi connectivity index (χ0v) is 11.9. The Balaban J connectivity index is 2.03. The lowest BCUT2D eigenvalue weighted by Crippen LogP contribution is -2.28. The van der Waals surface area contributed by atoms with Gasteiger partial charge in [-0.25, -0.2) is 14.3 Å². The Labute approximate surface area is 114 Å². The second kappa shape index (κ2) is 5.33. The Morgan fingerprint density at radius 1 is 1.53 bits per heavy atom. The van der Waals surface area contributed by atoms with Gasteiger partial charge >= 0.3 is 6.09 Å². The second-order valence-corrected chi connectivity index (χ2v) is 6.34. The molecule has 0 bridgehead atoms. The van der Waals surface area contributed by atoms with Crippen molar-refractivity contribution in [2.75, 3.05) is 0 Å². The van der Waals surface area contributed by atoms with Crippen LogP contribution in [0.25, 0.3) is 0 Å². The van der Waals surface area contributed by atoms with Crippen LogP contribution >= 0.6 is 0 Å². The van der Waals surface area contributed by atoms with Gasteiger partial charge in [0.1, 0.15) is 11.4 Å². The summed E-state index contributed by atoms with van der Waals surface area (Å²) in [7, 11) is 0. The third kappa shape index (κ3) is 3.80. The van der Waals surface area contributed by atoms with Gasteiger partial charge in [0.25, 0.3) is 0 Å². The third-order valence-electron chi connectivity index (χ3n) is 3.36. The molecule has 5 nitrogen and oxygen atoms in total. The Kier molecular flexibility index (Phi) is 3.94. The Morgan fingerprint density at radius 3 is 2.84 bits per heavy atom. The largest absolute Gasteiger partial charge is 0.443 e. The molecule has 0 amide bonds. The van der Waals surface area contributed by atoms with Crippen LogP contribution in [0.2, 0.25) is 0 Å². The first-order valence-corrected chi connectivity index (χ1v) is 6.86. The minimum atomic E-state index is -0.492. The van der Waals surface area contributed by atoms with Crippen molar-refractivity contribution < 1.29 is 9.53 Å². The van der Waals surface area contributed by atoms with Gasteiger partial charge in [0.05, 0.1) is 0 Å². The SMILES string of the molecule is CC(C)(C)OC(=O)n1ccnc1C[C@H]1CC[C@@H](N)C1. The normalized spacial score (nSPS) is 23.6. The molecule has 0 aromatic carbocycles. The van der Waals surface area contributed by atoms with Crippen molar-refractivity contribution in [1.82, 2.24) is 9.55 Å². The molecule has 1 heterocycles. The molecule has 2 rings (SSSR count). The highest BCUT2D eigenvalue weighted by molar-refractivity contribution is 5.71. The highest BCUT2D eigenvalue weighted by Crippen LogP contribution is 2.27. The zero-order valence-electron chi connectivity index (χ0n) is 11.9. The van der Waals surface area contributed by atoms with Crippen molar-refractivity contribution in [3.05, 3.63) is 18.2 Å². The van der Waals surface area contributed by atoms with E-state index in [1.165, 1.54) is 4.57 Å². The summed E-state index contributed by atoms with van der Waals surface area (Å²) >= 11 is 0. The number of hydrogen-bond donors (Lipinski definition) is 1. The smallest absolute Gasteiger partial charge is 0.419 e. The van der Waals surface area contributed by atoms with Gasteiger partial charge in [-0.3, -0.25) is 0 Å². The third-order valence-corrected chi connectivity index (χ3v) is 3.36. The minimum Gasteiger partial charge on any atom is -0.443 e. The highest BCUT2D eigenvalue weighted by atomic mass is 16.6. The van der Waals surface area contributed by atoms with Crippen LogP contribution in [0.3, 0.4) is 0 Å². The van der Waals surface area contributed by atoms with E-state index >= 15 is 0 Å². The summed E-state index contributed by atoms with van der Waals surface area (Å²) < 4.78 is 6.88. The zero-order chi connectivity index (χ0) is 14.0. The number of carbonyl (C=O) groups is 1. The molecule has 0 spiro atoms. The summed E-state index contributed by atoms with van der Waals surface area (Å²) in [5.41, 5.74) is 5.42. The van der Waals surface area contributed by atoms with Crippen LogP contribution in [-0.4, -0.2) is 27.3 Å². The fourth-order valence-corrected chi connectivity index (χ4v) is 2.52. The molecule has 2 N–H and O–H groups in total. The summed E-state index contributed by atoms with van der Waals surface area (Å²) in [6.45, 7) is 5.58. The molecule has 0 unspecified atom stereocenters. The summed E-state index contributed by atoms with van der Waals surface area (Å²) in [4.78, 5) is 16.3. The van der Waals surface area contributed by atoms with E-state index in [2.05, 4.69) is 4.98 Å². The molecule has 0 radical (unpaired) electrons. The second-order valence-electron chi connectivity index (χ2n) is 6.34. The quantitative estimate of drug-likeness (QED) is 0.891. The predicted molar refractivity (Wildman–Crippen MR) is 72.9 cm³/mol. The molecule has 1 aliphatic carbocycles. The molecule has 1 saturated carbocycles. The van der Waals surface area contributed by atoms with Gasteiger partial charge in [0.15, 0.2) is 0 Å². The first-order chi connectivity index (χ1) is 8.85. The van der Waals surface area contributed by atoms with Gasteiger partial charge in [-0.15, -0.1) is 0 Å². The van der Waals surface area contributed by atoms with Gasteiger partial charge in [-0.05, 0) is 46.0 Å². The molecule has 1 aromatic heterocycles. The summed E-state index contributed by atoms with van der Waals surface area (Å²) in [5, 5.41) is 0. The van der Waals surface area contributed by atoms with E-state index in [0.29, 0.717) is 12.0 Å². The number of rotatable bonds is 2. The summed E-state index contributed by atoms with van der Waals surface area (Å²) in [5.74, 6) is 1.30. The molecule has 19 heavy (non-hydrogen) atoms. The molecule has 1 fully saturated rings. The number of nitrogens with two attached hydrogens (primary N) is 1. The van der Waals surface area contributed by atoms with Crippen LogP contribution < -0.4 is 5.73 Å². The van der Waals surface area contributed by atoms with E-state index in [1.54, 1.807) is 12.4 Å². The van der Waals surface area contributed by atoms with Gasteiger partial charge in [0.2, 0.25) is 0 Å². The number of imidazole rings is 1. The van der Waals surface area contributed by atoms with Gasteiger partial charge in [-0.2, -0.15) is 0 Å². The van der Waals surface area contributed by atoms with Gasteiger partial charge in [0, 0.05) is 24.9 Å². The first kappa shape index (κ1) is 14.1. The van der Waals surface area contributed by atoms with Crippen LogP contribution in [0, 0.1) is 5.92 Å². The fraction of sp³-hybridized carbons (Fsp3) is 0.714. The van der Waals surface area contributed by atoms with Gasteiger partial charge in [-0.1, -0.05) is 0 Å². The van der Waals surface area contributed by atoms with Crippen LogP contribution in [0.1, 0.15) is 45.9 Å². The monoisotopic (exact) mass is 265 g/mol. The Bertz CT molecular complexity index is 448. The van der Waals surface area contributed by atoms with Crippen molar-refractivity contribution in [3.8, 4) is 0 Å². The van der Waals surface area contributed by atoms with Crippen molar-refractivity contribution in [1.29, 1.82) is 0 Å². The molecule has 2 atom stereocenters. The van der Waals surface area contributed by atoms with Crippen molar-refractivity contribution in [3.63, 3.8) is 0 Å². The van der Waals surface area contributed by atoms with E-state index in [1.807, 2.05) is 20.8 Å². The standard InChI is InChI=1S/C14H23N3O2/c1-14(2,3)19-13(18)17-7-6-16-12(17)9-10-4-5-11(15)8-10/h6-7,10-11H,4-5,8-9,15H2,1-3H3/t10-,11+/m0/s1. The Hall–Kier alpha value is -1.36. The van der Waals surface area contributed by atoms with E-state index in [9.17, 15) is 4.79 Å². The molecule has 1 aliphatic rings. The molecular formula is C14H23N3O2. The molecule has 106 valence electrons. The number of aromatic nitrogens is 2. The van der Waals surface area contributed by atoms with E-state index in [-0.39, 0.29) is 6.09 Å². The van der Waals surface area contributed by atoms with Crippen LogP contribution in [-0.2, 0) is 11.2 Å². The maximum Gasteiger partial charge on any atom is 0.419 e.